The van der Waals surface area contributed by atoms with Gasteiger partial charge in [-0.15, -0.1) is 0 Å². The van der Waals surface area contributed by atoms with Crippen LogP contribution in [-0.4, -0.2) is 24.4 Å². The molecule has 1 aliphatic carbocycles. The van der Waals surface area contributed by atoms with Crippen molar-refractivity contribution in [1.82, 2.24) is 14.9 Å². The maximum atomic E-state index is 11.6. The van der Waals surface area contributed by atoms with E-state index in [9.17, 15) is 8.42 Å². The number of nitrogens with zero attached hydrogens (tertiary/aromatic N) is 1. The van der Waals surface area contributed by atoms with Crippen molar-refractivity contribution in [1.29, 1.82) is 0 Å². The third-order valence-electron chi connectivity index (χ3n) is 2.63. The van der Waals surface area contributed by atoms with Crippen molar-refractivity contribution in [3.05, 3.63) is 16.4 Å². The molecule has 0 amide bonds. The Balaban J connectivity index is 1.81. The van der Waals surface area contributed by atoms with Crippen LogP contribution in [-0.2, 0) is 16.6 Å². The second-order valence-electron chi connectivity index (χ2n) is 4.07. The Bertz CT molecular complexity index is 453. The summed E-state index contributed by atoms with van der Waals surface area (Å²) in [6.07, 6.45) is 4.75. The summed E-state index contributed by atoms with van der Waals surface area (Å²) in [5.74, 6) is 0.860. The first-order chi connectivity index (χ1) is 7.57. The molecule has 2 rings (SSSR count). The number of halogens is 1. The van der Waals surface area contributed by atoms with E-state index in [1.807, 2.05) is 0 Å². The Morgan fingerprint density at radius 3 is 2.88 bits per heavy atom. The van der Waals surface area contributed by atoms with Crippen LogP contribution in [0.5, 0.6) is 0 Å². The van der Waals surface area contributed by atoms with E-state index >= 15 is 0 Å². The quantitative estimate of drug-likeness (QED) is 0.834. The molecular formula is C9H14BrN3O2S. The molecule has 0 aliphatic heterocycles. The normalized spacial score (nSPS) is 16.6. The molecule has 16 heavy (non-hydrogen) atoms. The van der Waals surface area contributed by atoms with Gasteiger partial charge in [0.1, 0.15) is 0 Å². The first-order valence-corrected chi connectivity index (χ1v) is 7.66. The van der Waals surface area contributed by atoms with Gasteiger partial charge in [-0.05, 0) is 28.3 Å². The predicted octanol–water partition coefficient (Wildman–Crippen LogP) is 1.39. The van der Waals surface area contributed by atoms with Crippen molar-refractivity contribution in [3.63, 3.8) is 0 Å². The highest BCUT2D eigenvalue weighted by molar-refractivity contribution is 9.10. The van der Waals surface area contributed by atoms with Gasteiger partial charge in [0.15, 0.2) is 0 Å². The van der Waals surface area contributed by atoms with E-state index in [-0.39, 0.29) is 12.3 Å². The Morgan fingerprint density at radius 2 is 2.31 bits per heavy atom. The van der Waals surface area contributed by atoms with Crippen LogP contribution in [0.25, 0.3) is 0 Å². The third-order valence-corrected chi connectivity index (χ3v) is 4.67. The molecule has 1 fully saturated rings. The second-order valence-corrected chi connectivity index (χ2v) is 6.85. The van der Waals surface area contributed by atoms with E-state index in [1.165, 1.54) is 12.8 Å². The van der Waals surface area contributed by atoms with Crippen LogP contribution in [0.2, 0.25) is 0 Å². The molecule has 0 saturated heterocycles. The molecule has 1 aliphatic rings. The number of aromatic nitrogens is 2. The summed E-state index contributed by atoms with van der Waals surface area (Å²) in [5.41, 5.74) is 0.745. The SMILES string of the molecule is O=S(=O)(CCC1CC1)NCc1[nH]ncc1Br. The average molecular weight is 308 g/mol. The fraction of sp³-hybridized carbons (Fsp3) is 0.667. The predicted molar refractivity (Wildman–Crippen MR) is 64.3 cm³/mol. The fourth-order valence-corrected chi connectivity index (χ4v) is 2.89. The van der Waals surface area contributed by atoms with Crippen LogP contribution in [0.1, 0.15) is 25.0 Å². The molecule has 5 nitrogen and oxygen atoms in total. The van der Waals surface area contributed by atoms with Gasteiger partial charge in [0.2, 0.25) is 10.0 Å². The molecule has 0 spiro atoms. The van der Waals surface area contributed by atoms with Crippen LogP contribution < -0.4 is 4.72 Å². The Labute approximate surface area is 103 Å². The largest absolute Gasteiger partial charge is 0.280 e. The molecule has 0 aromatic carbocycles. The first kappa shape index (κ1) is 12.1. The van der Waals surface area contributed by atoms with E-state index in [2.05, 4.69) is 30.8 Å². The molecule has 0 atom stereocenters. The number of rotatable bonds is 6. The fourth-order valence-electron chi connectivity index (χ4n) is 1.40. The van der Waals surface area contributed by atoms with E-state index < -0.39 is 10.0 Å². The van der Waals surface area contributed by atoms with Crippen molar-refractivity contribution >= 4 is 26.0 Å². The van der Waals surface area contributed by atoms with Gasteiger partial charge in [0.25, 0.3) is 0 Å². The van der Waals surface area contributed by atoms with Crippen LogP contribution in [0, 0.1) is 5.92 Å². The summed E-state index contributed by atoms with van der Waals surface area (Å²) in [6, 6.07) is 0. The van der Waals surface area contributed by atoms with Gasteiger partial charge in [-0.2, -0.15) is 5.10 Å². The van der Waals surface area contributed by atoms with Gasteiger partial charge in [0.05, 0.1) is 28.7 Å². The first-order valence-electron chi connectivity index (χ1n) is 5.22. The van der Waals surface area contributed by atoms with Crippen molar-refractivity contribution in [2.24, 2.45) is 5.92 Å². The summed E-state index contributed by atoms with van der Waals surface area (Å²) in [7, 11) is -3.15. The van der Waals surface area contributed by atoms with Crippen molar-refractivity contribution in [3.8, 4) is 0 Å². The van der Waals surface area contributed by atoms with Crippen molar-refractivity contribution in [2.45, 2.75) is 25.8 Å². The monoisotopic (exact) mass is 307 g/mol. The standard InChI is InChI=1S/C9H14BrN3O2S/c10-8-5-11-13-9(8)6-12-16(14,15)4-3-7-1-2-7/h5,7,12H,1-4,6H2,(H,11,13). The summed E-state index contributed by atoms with van der Waals surface area (Å²) in [4.78, 5) is 0. The lowest BCUT2D eigenvalue weighted by molar-refractivity contribution is 0.574. The molecule has 7 heteroatoms. The van der Waals surface area contributed by atoms with Gasteiger partial charge in [-0.25, -0.2) is 13.1 Å². The highest BCUT2D eigenvalue weighted by atomic mass is 79.9. The summed E-state index contributed by atoms with van der Waals surface area (Å²) in [6.45, 7) is 0.258. The van der Waals surface area contributed by atoms with Crippen molar-refractivity contribution in [2.75, 3.05) is 5.75 Å². The van der Waals surface area contributed by atoms with Crippen LogP contribution in [0.15, 0.2) is 10.7 Å². The van der Waals surface area contributed by atoms with Gasteiger partial charge >= 0.3 is 0 Å². The number of aromatic amines is 1. The number of nitrogens with one attached hydrogen (secondary N) is 2. The maximum Gasteiger partial charge on any atom is 0.211 e. The van der Waals surface area contributed by atoms with Gasteiger partial charge in [-0.3, -0.25) is 5.10 Å². The Hall–Kier alpha value is -0.400. The minimum absolute atomic E-state index is 0.226. The van der Waals surface area contributed by atoms with E-state index in [0.29, 0.717) is 5.92 Å². The molecule has 1 heterocycles. The van der Waals surface area contributed by atoms with Crippen molar-refractivity contribution < 1.29 is 8.42 Å². The smallest absolute Gasteiger partial charge is 0.211 e. The molecule has 1 saturated carbocycles. The molecule has 0 bridgehead atoms. The molecule has 1 aromatic rings. The molecule has 0 unspecified atom stereocenters. The molecule has 0 radical (unpaired) electrons. The topological polar surface area (TPSA) is 74.8 Å². The molecular weight excluding hydrogens is 294 g/mol. The number of H-pyrrole nitrogens is 1. The lowest BCUT2D eigenvalue weighted by atomic mass is 10.3. The van der Waals surface area contributed by atoms with E-state index in [1.54, 1.807) is 6.20 Å². The Kier molecular flexibility index (Phi) is 3.66. The molecule has 90 valence electrons. The van der Waals surface area contributed by atoms with Gasteiger partial charge in [-0.1, -0.05) is 12.8 Å². The zero-order valence-electron chi connectivity index (χ0n) is 8.74. The van der Waals surface area contributed by atoms with E-state index in [4.69, 9.17) is 0 Å². The summed E-state index contributed by atoms with van der Waals surface area (Å²) < 4.78 is 26.6. The van der Waals surface area contributed by atoms with Gasteiger partial charge < -0.3 is 0 Å². The third kappa shape index (κ3) is 3.57. The minimum Gasteiger partial charge on any atom is -0.280 e. The minimum atomic E-state index is -3.15. The zero-order valence-corrected chi connectivity index (χ0v) is 11.1. The average Bonchev–Trinajstić information content (AvgIpc) is 2.97. The second kappa shape index (κ2) is 4.85. The van der Waals surface area contributed by atoms with Gasteiger partial charge in [0, 0.05) is 0 Å². The summed E-state index contributed by atoms with van der Waals surface area (Å²) >= 11 is 3.28. The number of sulfonamides is 1. The number of hydrogen-bond donors (Lipinski definition) is 2. The highest BCUT2D eigenvalue weighted by Crippen LogP contribution is 2.32. The van der Waals surface area contributed by atoms with Crippen LogP contribution in [0.3, 0.4) is 0 Å². The molecule has 2 N–H and O–H groups in total. The zero-order chi connectivity index (χ0) is 11.6. The highest BCUT2D eigenvalue weighted by Gasteiger charge is 2.23. The van der Waals surface area contributed by atoms with Crippen LogP contribution >= 0.6 is 15.9 Å². The molecule has 1 aromatic heterocycles. The van der Waals surface area contributed by atoms with Crippen LogP contribution in [0.4, 0.5) is 0 Å². The maximum absolute atomic E-state index is 11.6. The Morgan fingerprint density at radius 1 is 1.56 bits per heavy atom. The lowest BCUT2D eigenvalue weighted by Crippen LogP contribution is -2.26. The summed E-state index contributed by atoms with van der Waals surface area (Å²) in [5, 5.41) is 6.53. The van der Waals surface area contributed by atoms with E-state index in [0.717, 1.165) is 16.6 Å². The number of hydrogen-bond acceptors (Lipinski definition) is 3. The lowest BCUT2D eigenvalue weighted by Gasteiger charge is -2.05.